The van der Waals surface area contributed by atoms with Crippen LogP contribution in [0.5, 0.6) is 5.75 Å². The number of fused-ring (bicyclic) bond motifs is 1. The average Bonchev–Trinajstić information content (AvgIpc) is 3.05. The smallest absolute Gasteiger partial charge is 0.361 e. The Morgan fingerprint density at radius 1 is 1.10 bits per heavy atom. The maximum absolute atomic E-state index is 13.3. The van der Waals surface area contributed by atoms with Crippen LogP contribution in [0.25, 0.3) is 11.2 Å². The van der Waals surface area contributed by atoms with E-state index < -0.39 is 7.60 Å². The maximum atomic E-state index is 13.3. The summed E-state index contributed by atoms with van der Waals surface area (Å²) in [5.74, 6) is 0.569. The summed E-state index contributed by atoms with van der Waals surface area (Å²) in [5.41, 5.74) is 1.19. The van der Waals surface area contributed by atoms with Crippen LogP contribution < -0.4 is 10.0 Å². The molecule has 2 heterocycles. The van der Waals surface area contributed by atoms with Gasteiger partial charge in [-0.2, -0.15) is 0 Å². The van der Waals surface area contributed by atoms with E-state index in [0.717, 1.165) is 0 Å². The van der Waals surface area contributed by atoms with Crippen molar-refractivity contribution in [3.8, 4) is 5.75 Å². The summed E-state index contributed by atoms with van der Waals surface area (Å²) in [6, 6.07) is 6.98. The molecule has 1 aromatic carbocycles. The maximum Gasteiger partial charge on any atom is 0.361 e. The van der Waals surface area contributed by atoms with Gasteiger partial charge < -0.3 is 18.4 Å². The number of ether oxygens (including phenoxy) is 1. The highest BCUT2D eigenvalue weighted by atomic mass is 35.5. The molecule has 0 radical (unpaired) electrons. The van der Waals surface area contributed by atoms with Crippen LogP contribution in [0.1, 0.15) is 27.7 Å². The SMILES string of the molecule is CC(C)OP(=O)(OC(C)C)c1cccc(OCCn2cnc3c(Cl)ncnc32)c1. The van der Waals surface area contributed by atoms with Crippen LogP contribution in [0, 0.1) is 0 Å². The number of hydrogen-bond acceptors (Lipinski definition) is 7. The Bertz CT molecular complexity index is 1010. The first-order valence-electron chi connectivity index (χ1n) is 9.30. The highest BCUT2D eigenvalue weighted by Crippen LogP contribution is 2.49. The number of benzene rings is 1. The van der Waals surface area contributed by atoms with Crippen LogP contribution in [-0.4, -0.2) is 38.3 Å². The van der Waals surface area contributed by atoms with Crippen LogP contribution in [0.15, 0.2) is 36.9 Å². The molecule has 3 rings (SSSR count). The highest BCUT2D eigenvalue weighted by molar-refractivity contribution is 7.62. The number of rotatable bonds is 9. The predicted molar refractivity (Wildman–Crippen MR) is 112 cm³/mol. The second-order valence-electron chi connectivity index (χ2n) is 6.93. The molecule has 0 saturated carbocycles. The third-order valence-corrected chi connectivity index (χ3v) is 6.38. The first-order valence-corrected chi connectivity index (χ1v) is 11.2. The Hall–Kier alpha value is -1.99. The largest absolute Gasteiger partial charge is 0.492 e. The Labute approximate surface area is 174 Å². The molecule has 0 spiro atoms. The van der Waals surface area contributed by atoms with E-state index >= 15 is 0 Å². The van der Waals surface area contributed by atoms with Crippen molar-refractivity contribution in [2.75, 3.05) is 6.61 Å². The van der Waals surface area contributed by atoms with Crippen LogP contribution in [0.4, 0.5) is 0 Å². The Balaban J connectivity index is 1.72. The fraction of sp³-hybridized carbons (Fsp3) is 0.421. The summed E-state index contributed by atoms with van der Waals surface area (Å²) < 4.78 is 32.3. The first kappa shape index (κ1) is 21.7. The zero-order valence-corrected chi connectivity index (χ0v) is 18.4. The topological polar surface area (TPSA) is 88.4 Å². The minimum atomic E-state index is -3.46. The van der Waals surface area contributed by atoms with Gasteiger partial charge in [-0.25, -0.2) is 15.0 Å². The first-order chi connectivity index (χ1) is 13.8. The molecule has 0 amide bonds. The third kappa shape index (κ3) is 5.34. The minimum absolute atomic E-state index is 0.243. The molecule has 0 aliphatic rings. The van der Waals surface area contributed by atoms with Gasteiger partial charge in [-0.1, -0.05) is 17.7 Å². The normalized spacial score (nSPS) is 12.2. The number of imidazole rings is 1. The van der Waals surface area contributed by atoms with E-state index in [2.05, 4.69) is 15.0 Å². The van der Waals surface area contributed by atoms with Gasteiger partial charge in [0.1, 0.15) is 24.2 Å². The second-order valence-corrected chi connectivity index (χ2v) is 9.22. The third-order valence-electron chi connectivity index (χ3n) is 3.79. The molecule has 0 fully saturated rings. The molecule has 2 aromatic heterocycles. The summed E-state index contributed by atoms with van der Waals surface area (Å²) in [6.07, 6.45) is 2.56. The van der Waals surface area contributed by atoms with Gasteiger partial charge in [-0.15, -0.1) is 0 Å². The van der Waals surface area contributed by atoms with E-state index in [-0.39, 0.29) is 12.2 Å². The molecule has 0 unspecified atom stereocenters. The van der Waals surface area contributed by atoms with E-state index in [9.17, 15) is 4.57 Å². The molecule has 0 bridgehead atoms. The number of halogens is 1. The highest BCUT2D eigenvalue weighted by Gasteiger charge is 2.30. The van der Waals surface area contributed by atoms with Gasteiger partial charge in [0.25, 0.3) is 0 Å². The van der Waals surface area contributed by atoms with Crippen molar-refractivity contribution in [1.29, 1.82) is 0 Å². The van der Waals surface area contributed by atoms with Gasteiger partial charge in [0, 0.05) is 0 Å². The summed E-state index contributed by atoms with van der Waals surface area (Å²) in [4.78, 5) is 12.4. The van der Waals surface area contributed by atoms with E-state index in [0.29, 0.717) is 40.5 Å². The molecule has 29 heavy (non-hydrogen) atoms. The number of nitrogens with zero attached hydrogens (tertiary/aromatic N) is 4. The molecule has 0 aliphatic heterocycles. The standard InChI is InChI=1S/C19H24ClN4O4P/c1-13(2)27-29(25,28-14(3)4)16-7-5-6-15(10-16)26-9-8-24-12-23-17-18(20)21-11-22-19(17)24/h5-7,10-14H,8-9H2,1-4H3. The Kier molecular flexibility index (Phi) is 6.90. The van der Waals surface area contributed by atoms with Crippen LogP contribution in [-0.2, 0) is 20.2 Å². The molecular weight excluding hydrogens is 415 g/mol. The molecule has 0 aliphatic carbocycles. The monoisotopic (exact) mass is 438 g/mol. The lowest BCUT2D eigenvalue weighted by Crippen LogP contribution is -2.17. The Morgan fingerprint density at radius 3 is 2.52 bits per heavy atom. The summed E-state index contributed by atoms with van der Waals surface area (Å²) >= 11 is 6.02. The van der Waals surface area contributed by atoms with Crippen molar-refractivity contribution in [3.63, 3.8) is 0 Å². The van der Waals surface area contributed by atoms with E-state index in [1.165, 1.54) is 6.33 Å². The molecule has 3 aromatic rings. The fourth-order valence-electron chi connectivity index (χ4n) is 2.72. The van der Waals surface area contributed by atoms with Gasteiger partial charge in [0.15, 0.2) is 10.8 Å². The van der Waals surface area contributed by atoms with Gasteiger partial charge in [0.2, 0.25) is 0 Å². The Morgan fingerprint density at radius 2 is 1.83 bits per heavy atom. The predicted octanol–water partition coefficient (Wildman–Crippen LogP) is 4.23. The molecule has 0 saturated heterocycles. The average molecular weight is 439 g/mol. The van der Waals surface area contributed by atoms with Crippen LogP contribution in [0.3, 0.4) is 0 Å². The molecule has 0 N–H and O–H groups in total. The van der Waals surface area contributed by atoms with Crippen molar-refractivity contribution >= 4 is 35.7 Å². The van der Waals surface area contributed by atoms with Gasteiger partial charge in [-0.05, 0) is 45.9 Å². The molecular formula is C19H24ClN4O4P. The van der Waals surface area contributed by atoms with E-state index in [4.69, 9.17) is 25.4 Å². The van der Waals surface area contributed by atoms with Crippen molar-refractivity contribution in [2.45, 2.75) is 46.4 Å². The van der Waals surface area contributed by atoms with Crippen LogP contribution >= 0.6 is 19.2 Å². The zero-order valence-electron chi connectivity index (χ0n) is 16.8. The van der Waals surface area contributed by atoms with Crippen molar-refractivity contribution in [3.05, 3.63) is 42.1 Å². The fourth-order valence-corrected chi connectivity index (χ4v) is 4.86. The lowest BCUT2D eigenvalue weighted by Gasteiger charge is -2.23. The quantitative estimate of drug-likeness (QED) is 0.365. The van der Waals surface area contributed by atoms with Gasteiger partial charge >= 0.3 is 7.60 Å². The lowest BCUT2D eigenvalue weighted by molar-refractivity contribution is 0.150. The molecule has 8 nitrogen and oxygen atoms in total. The van der Waals surface area contributed by atoms with E-state index in [1.54, 1.807) is 30.6 Å². The number of aromatic nitrogens is 4. The zero-order chi connectivity index (χ0) is 21.0. The summed E-state index contributed by atoms with van der Waals surface area (Å²) in [7, 11) is -3.46. The molecule has 156 valence electrons. The second kappa shape index (κ2) is 9.22. The number of hydrogen-bond donors (Lipinski definition) is 0. The summed E-state index contributed by atoms with van der Waals surface area (Å²) in [6.45, 7) is 8.15. The van der Waals surface area contributed by atoms with Crippen molar-refractivity contribution in [2.24, 2.45) is 0 Å². The van der Waals surface area contributed by atoms with Gasteiger partial charge in [0.05, 0.1) is 30.4 Å². The van der Waals surface area contributed by atoms with Crippen LogP contribution in [0.2, 0.25) is 5.15 Å². The van der Waals surface area contributed by atoms with E-state index in [1.807, 2.05) is 32.3 Å². The minimum Gasteiger partial charge on any atom is -0.492 e. The van der Waals surface area contributed by atoms with Crippen molar-refractivity contribution < 1.29 is 18.3 Å². The van der Waals surface area contributed by atoms with Gasteiger partial charge in [-0.3, -0.25) is 4.57 Å². The lowest BCUT2D eigenvalue weighted by atomic mass is 10.3. The van der Waals surface area contributed by atoms with Crippen molar-refractivity contribution in [1.82, 2.24) is 19.5 Å². The summed E-state index contributed by atoms with van der Waals surface area (Å²) in [5, 5.41) is 0.776. The molecule has 10 heteroatoms. The molecule has 0 atom stereocenters.